The van der Waals surface area contributed by atoms with Gasteiger partial charge in [0.15, 0.2) is 5.13 Å². The van der Waals surface area contributed by atoms with Gasteiger partial charge in [-0.15, -0.1) is 22.7 Å². The summed E-state index contributed by atoms with van der Waals surface area (Å²) in [6.07, 6.45) is 0.878. The number of carbonyl (C=O) groups excluding carboxylic acids is 1. The lowest BCUT2D eigenvalue weighted by Gasteiger charge is -2.27. The second-order valence-corrected chi connectivity index (χ2v) is 8.73. The van der Waals surface area contributed by atoms with Gasteiger partial charge in [0.1, 0.15) is 0 Å². The Morgan fingerprint density at radius 2 is 2.00 bits per heavy atom. The zero-order valence-electron chi connectivity index (χ0n) is 16.5. The van der Waals surface area contributed by atoms with E-state index in [0.29, 0.717) is 17.2 Å². The van der Waals surface area contributed by atoms with Gasteiger partial charge in [-0.1, -0.05) is 18.2 Å². The van der Waals surface area contributed by atoms with Crippen LogP contribution in [-0.2, 0) is 4.74 Å². The largest absolute Gasteiger partial charge is 0.379 e. The molecule has 1 aliphatic rings. The van der Waals surface area contributed by atoms with E-state index < -0.39 is 0 Å². The maximum atomic E-state index is 13.2. The highest BCUT2D eigenvalue weighted by atomic mass is 32.1. The van der Waals surface area contributed by atoms with Crippen molar-refractivity contribution in [1.82, 2.24) is 9.88 Å². The van der Waals surface area contributed by atoms with Gasteiger partial charge in [0.05, 0.1) is 35.4 Å². The second-order valence-electron chi connectivity index (χ2n) is 6.95. The third-order valence-corrected chi connectivity index (χ3v) is 6.69. The number of carbonyl (C=O) groups is 1. The van der Waals surface area contributed by atoms with Crippen molar-refractivity contribution in [1.29, 1.82) is 5.26 Å². The van der Waals surface area contributed by atoms with Crippen LogP contribution < -0.4 is 4.90 Å². The van der Waals surface area contributed by atoms with Crippen LogP contribution in [0.2, 0.25) is 0 Å². The molecular weight excluding hydrogens is 416 g/mol. The summed E-state index contributed by atoms with van der Waals surface area (Å²) in [6, 6.07) is 13.2. The molecule has 0 radical (unpaired) electrons. The first-order chi connectivity index (χ1) is 14.7. The molecule has 3 aromatic rings. The highest BCUT2D eigenvalue weighted by Gasteiger charge is 2.22. The summed E-state index contributed by atoms with van der Waals surface area (Å²) in [4.78, 5) is 22.8. The van der Waals surface area contributed by atoms with Gasteiger partial charge in [-0.2, -0.15) is 5.26 Å². The fourth-order valence-corrected chi connectivity index (χ4v) is 4.86. The third-order valence-electron chi connectivity index (χ3n) is 4.97. The average molecular weight is 439 g/mol. The van der Waals surface area contributed by atoms with Crippen LogP contribution in [-0.4, -0.2) is 55.2 Å². The fourth-order valence-electron chi connectivity index (χ4n) is 3.33. The van der Waals surface area contributed by atoms with Crippen molar-refractivity contribution in [3.63, 3.8) is 0 Å². The third kappa shape index (κ3) is 4.94. The first-order valence-electron chi connectivity index (χ1n) is 9.86. The van der Waals surface area contributed by atoms with E-state index in [1.54, 1.807) is 17.0 Å². The van der Waals surface area contributed by atoms with E-state index in [1.165, 1.54) is 22.7 Å². The number of nitriles is 1. The molecule has 0 bridgehead atoms. The minimum absolute atomic E-state index is 0.00675. The maximum absolute atomic E-state index is 13.2. The van der Waals surface area contributed by atoms with Gasteiger partial charge in [-0.05, 0) is 30.0 Å². The summed E-state index contributed by atoms with van der Waals surface area (Å²) in [6.45, 7) is 4.99. The van der Waals surface area contributed by atoms with Gasteiger partial charge >= 0.3 is 0 Å². The summed E-state index contributed by atoms with van der Waals surface area (Å²) in [7, 11) is 0. The Labute approximate surface area is 184 Å². The van der Waals surface area contributed by atoms with E-state index >= 15 is 0 Å². The molecule has 1 aromatic carbocycles. The predicted molar refractivity (Wildman–Crippen MR) is 120 cm³/mol. The highest BCUT2D eigenvalue weighted by Crippen LogP contribution is 2.29. The Morgan fingerprint density at radius 1 is 1.20 bits per heavy atom. The molecule has 1 amide bonds. The predicted octanol–water partition coefficient (Wildman–Crippen LogP) is 4.11. The second kappa shape index (κ2) is 9.96. The molecule has 0 aliphatic carbocycles. The molecule has 2 aromatic heterocycles. The topological polar surface area (TPSA) is 69.5 Å². The molecular formula is C22H22N4O2S2. The Bertz CT molecular complexity index is 1000. The summed E-state index contributed by atoms with van der Waals surface area (Å²) in [5, 5.41) is 13.6. The molecule has 0 unspecified atom stereocenters. The molecule has 3 heterocycles. The zero-order valence-corrected chi connectivity index (χ0v) is 18.1. The maximum Gasteiger partial charge on any atom is 0.270 e. The Kier molecular flexibility index (Phi) is 6.87. The van der Waals surface area contributed by atoms with Crippen molar-refractivity contribution in [3.05, 3.63) is 57.6 Å². The average Bonchev–Trinajstić information content (AvgIpc) is 3.50. The minimum Gasteiger partial charge on any atom is -0.379 e. The summed E-state index contributed by atoms with van der Waals surface area (Å²) in [5.41, 5.74) is 2.37. The first kappa shape index (κ1) is 20.7. The number of aromatic nitrogens is 1. The normalized spacial score (nSPS) is 14.4. The minimum atomic E-state index is -0.00675. The summed E-state index contributed by atoms with van der Waals surface area (Å²) >= 11 is 2.92. The van der Waals surface area contributed by atoms with Gasteiger partial charge in [0.25, 0.3) is 5.91 Å². The molecule has 154 valence electrons. The number of amides is 1. The number of thiazole rings is 1. The molecule has 4 rings (SSSR count). The standard InChI is InChI=1S/C22H22N4O2S2/c23-15-17-4-6-18(7-5-17)19-16-30-22(24-19)26(21(27)20-3-1-14-29-20)9-2-8-25-10-12-28-13-11-25/h1,3-7,14,16H,2,8-13H2. The van der Waals surface area contributed by atoms with Gasteiger partial charge in [0.2, 0.25) is 0 Å². The number of hydrogen-bond acceptors (Lipinski definition) is 7. The smallest absolute Gasteiger partial charge is 0.270 e. The Morgan fingerprint density at radius 3 is 2.70 bits per heavy atom. The van der Waals surface area contributed by atoms with Gasteiger partial charge in [-0.3, -0.25) is 14.6 Å². The van der Waals surface area contributed by atoms with E-state index in [1.807, 2.05) is 35.0 Å². The van der Waals surface area contributed by atoms with Crippen LogP contribution in [0.4, 0.5) is 5.13 Å². The van der Waals surface area contributed by atoms with Gasteiger partial charge in [0, 0.05) is 37.1 Å². The van der Waals surface area contributed by atoms with Crippen LogP contribution in [0.5, 0.6) is 0 Å². The van der Waals surface area contributed by atoms with Crippen molar-refractivity contribution in [2.24, 2.45) is 0 Å². The molecule has 6 nitrogen and oxygen atoms in total. The van der Waals surface area contributed by atoms with Crippen molar-refractivity contribution in [3.8, 4) is 17.3 Å². The molecule has 0 spiro atoms. The van der Waals surface area contributed by atoms with Crippen molar-refractivity contribution >= 4 is 33.7 Å². The van der Waals surface area contributed by atoms with Gasteiger partial charge in [-0.25, -0.2) is 4.98 Å². The molecule has 1 fully saturated rings. The number of anilines is 1. The summed E-state index contributed by atoms with van der Waals surface area (Å²) < 4.78 is 5.41. The monoisotopic (exact) mass is 438 g/mol. The lowest BCUT2D eigenvalue weighted by atomic mass is 10.1. The molecule has 0 atom stereocenters. The SMILES string of the molecule is N#Cc1ccc(-c2csc(N(CCCN3CCOCC3)C(=O)c3cccs3)n2)cc1. The molecule has 1 aliphatic heterocycles. The van der Waals surface area contributed by atoms with E-state index in [4.69, 9.17) is 15.0 Å². The number of thiophene rings is 1. The van der Waals surface area contributed by atoms with Gasteiger partial charge < -0.3 is 4.74 Å². The van der Waals surface area contributed by atoms with Crippen LogP contribution in [0, 0.1) is 11.3 Å². The molecule has 0 N–H and O–H groups in total. The van der Waals surface area contributed by atoms with Crippen LogP contribution >= 0.6 is 22.7 Å². The van der Waals surface area contributed by atoms with E-state index in [0.717, 1.165) is 55.4 Å². The number of morpholine rings is 1. The fraction of sp³-hybridized carbons (Fsp3) is 0.318. The quantitative estimate of drug-likeness (QED) is 0.555. The number of rotatable bonds is 7. The molecule has 30 heavy (non-hydrogen) atoms. The lowest BCUT2D eigenvalue weighted by molar-refractivity contribution is 0.0376. The van der Waals surface area contributed by atoms with E-state index in [-0.39, 0.29) is 5.91 Å². The Hall–Kier alpha value is -2.57. The van der Waals surface area contributed by atoms with Crippen LogP contribution in [0.1, 0.15) is 21.7 Å². The van der Waals surface area contributed by atoms with Crippen LogP contribution in [0.15, 0.2) is 47.2 Å². The zero-order chi connectivity index (χ0) is 20.8. The number of benzene rings is 1. The van der Waals surface area contributed by atoms with E-state index in [9.17, 15) is 4.79 Å². The Balaban J connectivity index is 1.50. The molecule has 1 saturated heterocycles. The van der Waals surface area contributed by atoms with Crippen molar-refractivity contribution in [2.45, 2.75) is 6.42 Å². The van der Waals surface area contributed by atoms with Crippen molar-refractivity contribution in [2.75, 3.05) is 44.3 Å². The first-order valence-corrected chi connectivity index (χ1v) is 11.6. The van der Waals surface area contributed by atoms with Crippen LogP contribution in [0.3, 0.4) is 0 Å². The number of hydrogen-bond donors (Lipinski definition) is 0. The molecule has 8 heteroatoms. The molecule has 0 saturated carbocycles. The number of ether oxygens (including phenoxy) is 1. The van der Waals surface area contributed by atoms with E-state index in [2.05, 4.69) is 11.0 Å². The highest BCUT2D eigenvalue weighted by molar-refractivity contribution is 7.14. The summed E-state index contributed by atoms with van der Waals surface area (Å²) in [5.74, 6) is -0.00675. The number of nitrogens with zero attached hydrogens (tertiary/aromatic N) is 4. The van der Waals surface area contributed by atoms with Crippen molar-refractivity contribution < 1.29 is 9.53 Å². The van der Waals surface area contributed by atoms with Crippen LogP contribution in [0.25, 0.3) is 11.3 Å². The lowest BCUT2D eigenvalue weighted by Crippen LogP contribution is -2.39.